The summed E-state index contributed by atoms with van der Waals surface area (Å²) in [5, 5.41) is 8.73. The molecule has 0 aromatic rings. The summed E-state index contributed by atoms with van der Waals surface area (Å²) in [7, 11) is 0. The predicted molar refractivity (Wildman–Crippen MR) is 33.5 cm³/mol. The molecule has 0 radical (unpaired) electrons. The number of aliphatic hydroxyl groups is 1. The summed E-state index contributed by atoms with van der Waals surface area (Å²) in [6, 6.07) is 0. The van der Waals surface area contributed by atoms with Crippen LogP contribution in [0, 0.1) is 0 Å². The summed E-state index contributed by atoms with van der Waals surface area (Å²) in [6.45, 7) is 0.477. The molecule has 4 nitrogen and oxygen atoms in total. The van der Waals surface area contributed by atoms with Crippen molar-refractivity contribution in [2.24, 2.45) is 11.5 Å². The summed E-state index contributed by atoms with van der Waals surface area (Å²) in [6.07, 6.45) is -0.0239. The fourth-order valence-corrected chi connectivity index (χ4v) is 0.453. The van der Waals surface area contributed by atoms with E-state index in [1.165, 1.54) is 0 Å². The monoisotopic (exact) mass is 132 g/mol. The average Bonchev–Trinajstić information content (AvgIpc) is 1.82. The molecule has 0 rings (SSSR count). The van der Waals surface area contributed by atoms with E-state index in [4.69, 9.17) is 16.6 Å². The van der Waals surface area contributed by atoms with Crippen LogP contribution in [0.5, 0.6) is 0 Å². The molecule has 0 fully saturated rings. The Bertz CT molecular complexity index is 95.0. The van der Waals surface area contributed by atoms with E-state index in [0.717, 1.165) is 0 Å². The van der Waals surface area contributed by atoms with Crippen LogP contribution in [0.3, 0.4) is 0 Å². The maximum Gasteiger partial charge on any atom is 0.246 e. The summed E-state index contributed by atoms with van der Waals surface area (Å²) in [5.41, 5.74) is 9.86. The highest BCUT2D eigenvalue weighted by atomic mass is 16.3. The van der Waals surface area contributed by atoms with Gasteiger partial charge in [0.15, 0.2) is 0 Å². The van der Waals surface area contributed by atoms with E-state index >= 15 is 0 Å². The molecule has 1 unspecified atom stereocenters. The van der Waals surface area contributed by atoms with Gasteiger partial charge < -0.3 is 16.6 Å². The van der Waals surface area contributed by atoms with Crippen LogP contribution >= 0.6 is 0 Å². The molecular formula is C5H12N2O2. The zero-order chi connectivity index (χ0) is 7.28. The van der Waals surface area contributed by atoms with Crippen molar-refractivity contribution in [1.82, 2.24) is 0 Å². The zero-order valence-corrected chi connectivity index (χ0v) is 5.21. The number of rotatable bonds is 4. The lowest BCUT2D eigenvalue weighted by atomic mass is 10.2. The van der Waals surface area contributed by atoms with E-state index in [0.29, 0.717) is 19.4 Å². The Balaban J connectivity index is 3.27. The summed E-state index contributed by atoms with van der Waals surface area (Å²) < 4.78 is 0. The highest BCUT2D eigenvalue weighted by Crippen LogP contribution is 1.92. The van der Waals surface area contributed by atoms with E-state index < -0.39 is 12.0 Å². The van der Waals surface area contributed by atoms with Gasteiger partial charge in [0.2, 0.25) is 5.91 Å². The Morgan fingerprint density at radius 1 is 1.67 bits per heavy atom. The Hall–Kier alpha value is -0.610. The second-order valence-electron chi connectivity index (χ2n) is 1.85. The highest BCUT2D eigenvalue weighted by Gasteiger charge is 2.08. The van der Waals surface area contributed by atoms with Crippen molar-refractivity contribution in [2.75, 3.05) is 6.54 Å². The molecule has 0 bridgehead atoms. The normalized spacial score (nSPS) is 13.1. The Labute approximate surface area is 53.8 Å². The van der Waals surface area contributed by atoms with Gasteiger partial charge in [-0.2, -0.15) is 0 Å². The van der Waals surface area contributed by atoms with Gasteiger partial charge in [-0.15, -0.1) is 0 Å². The molecule has 54 valence electrons. The molecule has 0 heterocycles. The molecule has 1 atom stereocenters. The summed E-state index contributed by atoms with van der Waals surface area (Å²) in [4.78, 5) is 10.1. The molecule has 0 spiro atoms. The first-order chi connectivity index (χ1) is 4.18. The van der Waals surface area contributed by atoms with Crippen molar-refractivity contribution in [2.45, 2.75) is 18.9 Å². The van der Waals surface area contributed by atoms with Crippen LogP contribution in [-0.2, 0) is 4.79 Å². The minimum Gasteiger partial charge on any atom is -0.383 e. The molecule has 0 saturated heterocycles. The van der Waals surface area contributed by atoms with Crippen LogP contribution in [0.4, 0.5) is 0 Å². The number of primary amides is 1. The van der Waals surface area contributed by atoms with Crippen molar-refractivity contribution >= 4 is 5.91 Å². The maximum absolute atomic E-state index is 10.1. The quantitative estimate of drug-likeness (QED) is 0.438. The van der Waals surface area contributed by atoms with Crippen molar-refractivity contribution in [3.05, 3.63) is 0 Å². The fraction of sp³-hybridized carbons (Fsp3) is 0.800. The molecule has 4 heteroatoms. The first-order valence-electron chi connectivity index (χ1n) is 2.86. The van der Waals surface area contributed by atoms with Gasteiger partial charge in [-0.25, -0.2) is 0 Å². The molecule has 0 aromatic carbocycles. The van der Waals surface area contributed by atoms with Crippen LogP contribution in [-0.4, -0.2) is 23.7 Å². The highest BCUT2D eigenvalue weighted by molar-refractivity contribution is 5.78. The first kappa shape index (κ1) is 8.39. The number of carbonyl (C=O) groups is 1. The Kier molecular flexibility index (Phi) is 4.00. The van der Waals surface area contributed by atoms with Gasteiger partial charge in [0.1, 0.15) is 6.10 Å². The lowest BCUT2D eigenvalue weighted by Gasteiger charge is -2.02. The third-order valence-corrected chi connectivity index (χ3v) is 1.01. The maximum atomic E-state index is 10.1. The van der Waals surface area contributed by atoms with Gasteiger partial charge >= 0.3 is 0 Å². The topological polar surface area (TPSA) is 89.3 Å². The number of carbonyl (C=O) groups excluding carboxylic acids is 1. The third-order valence-electron chi connectivity index (χ3n) is 1.01. The van der Waals surface area contributed by atoms with Crippen molar-refractivity contribution in [3.63, 3.8) is 0 Å². The van der Waals surface area contributed by atoms with Gasteiger partial charge in [0, 0.05) is 0 Å². The fourth-order valence-electron chi connectivity index (χ4n) is 0.453. The minimum atomic E-state index is -1.02. The number of hydrogen-bond donors (Lipinski definition) is 3. The Morgan fingerprint density at radius 3 is 2.56 bits per heavy atom. The summed E-state index contributed by atoms with van der Waals surface area (Å²) in [5.74, 6) is -0.677. The second kappa shape index (κ2) is 4.29. The van der Waals surface area contributed by atoms with E-state index in [-0.39, 0.29) is 0 Å². The molecule has 0 aromatic heterocycles. The smallest absolute Gasteiger partial charge is 0.246 e. The van der Waals surface area contributed by atoms with Crippen molar-refractivity contribution in [3.8, 4) is 0 Å². The number of hydrogen-bond acceptors (Lipinski definition) is 3. The van der Waals surface area contributed by atoms with E-state index in [2.05, 4.69) is 0 Å². The second-order valence-corrected chi connectivity index (χ2v) is 1.85. The largest absolute Gasteiger partial charge is 0.383 e. The predicted octanol–water partition coefficient (Wildman–Crippen LogP) is -1.43. The van der Waals surface area contributed by atoms with Crippen LogP contribution < -0.4 is 11.5 Å². The Morgan fingerprint density at radius 2 is 2.22 bits per heavy atom. The van der Waals surface area contributed by atoms with Gasteiger partial charge in [0.05, 0.1) is 0 Å². The van der Waals surface area contributed by atoms with Crippen LogP contribution in [0.15, 0.2) is 0 Å². The van der Waals surface area contributed by atoms with E-state index in [1.807, 2.05) is 0 Å². The van der Waals surface area contributed by atoms with Crippen LogP contribution in [0.25, 0.3) is 0 Å². The third kappa shape index (κ3) is 3.93. The summed E-state index contributed by atoms with van der Waals surface area (Å²) >= 11 is 0. The molecule has 0 saturated carbocycles. The van der Waals surface area contributed by atoms with Gasteiger partial charge in [-0.05, 0) is 19.4 Å². The molecular weight excluding hydrogens is 120 g/mol. The van der Waals surface area contributed by atoms with E-state index in [1.54, 1.807) is 0 Å². The molecule has 5 N–H and O–H groups in total. The number of nitrogens with two attached hydrogens (primary N) is 2. The number of amides is 1. The van der Waals surface area contributed by atoms with E-state index in [9.17, 15) is 4.79 Å². The van der Waals surface area contributed by atoms with Crippen molar-refractivity contribution in [1.29, 1.82) is 0 Å². The van der Waals surface area contributed by atoms with Gasteiger partial charge in [-0.3, -0.25) is 4.79 Å². The zero-order valence-electron chi connectivity index (χ0n) is 5.21. The first-order valence-corrected chi connectivity index (χ1v) is 2.86. The molecule has 0 aliphatic carbocycles. The van der Waals surface area contributed by atoms with Crippen LogP contribution in [0.1, 0.15) is 12.8 Å². The van der Waals surface area contributed by atoms with Crippen molar-refractivity contribution < 1.29 is 9.90 Å². The standard InChI is InChI=1S/C5H12N2O2/c6-3-1-2-4(8)5(7)9/h4,8H,1-3,6H2,(H2,7,9). The van der Waals surface area contributed by atoms with Crippen LogP contribution in [0.2, 0.25) is 0 Å². The lowest BCUT2D eigenvalue weighted by molar-refractivity contribution is -0.126. The molecule has 0 aliphatic heterocycles. The SMILES string of the molecule is NCCCC(O)C(N)=O. The van der Waals surface area contributed by atoms with Gasteiger partial charge in [0.25, 0.3) is 0 Å². The lowest BCUT2D eigenvalue weighted by Crippen LogP contribution is -2.28. The molecule has 9 heavy (non-hydrogen) atoms. The minimum absolute atomic E-state index is 0.367. The number of aliphatic hydroxyl groups excluding tert-OH is 1. The average molecular weight is 132 g/mol. The molecule has 1 amide bonds. The van der Waals surface area contributed by atoms with Gasteiger partial charge in [-0.1, -0.05) is 0 Å². The molecule has 0 aliphatic rings.